The minimum absolute atomic E-state index is 0.0447. The van der Waals surface area contributed by atoms with Crippen LogP contribution in [-0.4, -0.2) is 23.3 Å². The summed E-state index contributed by atoms with van der Waals surface area (Å²) in [5, 5.41) is 18.3. The molecule has 0 fully saturated rings. The van der Waals surface area contributed by atoms with E-state index in [1.54, 1.807) is 6.92 Å². The van der Waals surface area contributed by atoms with E-state index in [0.29, 0.717) is 5.56 Å². The first-order valence-corrected chi connectivity index (χ1v) is 4.68. The Balaban J connectivity index is 3.39. The molecule has 1 unspecified atom stereocenters. The fourth-order valence-electron chi connectivity index (χ4n) is 1.49. The molecule has 0 amide bonds. The number of carboxylic acids is 1. The van der Waals surface area contributed by atoms with E-state index in [0.717, 1.165) is 0 Å². The van der Waals surface area contributed by atoms with Gasteiger partial charge in [0.1, 0.15) is 0 Å². The summed E-state index contributed by atoms with van der Waals surface area (Å²) in [6.45, 7) is 2.96. The predicted molar refractivity (Wildman–Crippen MR) is 55.4 cm³/mol. The third kappa shape index (κ3) is 1.93. The van der Waals surface area contributed by atoms with Crippen LogP contribution in [0.25, 0.3) is 0 Å². The Labute approximate surface area is 92.3 Å². The lowest BCUT2D eigenvalue weighted by atomic mass is 9.97. The van der Waals surface area contributed by atoms with E-state index in [9.17, 15) is 14.3 Å². The predicted octanol–water partition coefficient (Wildman–Crippen LogP) is 2.04. The molecule has 0 spiro atoms. The monoisotopic (exact) mass is 228 g/mol. The van der Waals surface area contributed by atoms with E-state index >= 15 is 0 Å². The lowest BCUT2D eigenvalue weighted by Crippen LogP contribution is -2.09. The number of benzene rings is 1. The van der Waals surface area contributed by atoms with E-state index in [2.05, 4.69) is 0 Å². The molecule has 0 radical (unpaired) electrons. The molecular formula is C11H13FO4. The third-order valence-corrected chi connectivity index (χ3v) is 2.45. The molecular weight excluding hydrogens is 215 g/mol. The first-order valence-electron chi connectivity index (χ1n) is 4.68. The summed E-state index contributed by atoms with van der Waals surface area (Å²) in [5.41, 5.74) is 0.490. The Bertz CT molecular complexity index is 428. The summed E-state index contributed by atoms with van der Waals surface area (Å²) in [7, 11) is 1.28. The van der Waals surface area contributed by atoms with Crippen LogP contribution < -0.4 is 4.74 Å². The average Bonchev–Trinajstić information content (AvgIpc) is 2.23. The molecule has 1 aromatic rings. The van der Waals surface area contributed by atoms with Crippen LogP contribution in [-0.2, 0) is 4.79 Å². The number of aryl methyl sites for hydroxylation is 1. The van der Waals surface area contributed by atoms with Crippen LogP contribution >= 0.6 is 0 Å². The number of methoxy groups -OCH3 is 1. The highest BCUT2D eigenvalue weighted by Gasteiger charge is 2.23. The number of hydrogen-bond donors (Lipinski definition) is 2. The molecule has 0 saturated carbocycles. The maximum Gasteiger partial charge on any atom is 0.310 e. The van der Waals surface area contributed by atoms with E-state index in [1.165, 1.54) is 20.1 Å². The quantitative estimate of drug-likeness (QED) is 0.830. The highest BCUT2D eigenvalue weighted by atomic mass is 19.1. The van der Waals surface area contributed by atoms with Crippen LogP contribution in [0.2, 0.25) is 0 Å². The molecule has 1 aromatic carbocycles. The number of rotatable bonds is 3. The Morgan fingerprint density at radius 1 is 1.56 bits per heavy atom. The first kappa shape index (κ1) is 12.3. The SMILES string of the molecule is COc1c(C)cc(C(C)C(=O)O)c(O)c1F. The van der Waals surface area contributed by atoms with Crippen molar-refractivity contribution < 1.29 is 24.1 Å². The number of phenolic OH excluding ortho intramolecular Hbond substituents is 1. The maximum atomic E-state index is 13.6. The Kier molecular flexibility index (Phi) is 3.37. The zero-order chi connectivity index (χ0) is 12.5. The highest BCUT2D eigenvalue weighted by molar-refractivity contribution is 5.77. The number of halogens is 1. The van der Waals surface area contributed by atoms with E-state index in [4.69, 9.17) is 9.84 Å². The smallest absolute Gasteiger partial charge is 0.310 e. The number of carboxylic acid groups (broad SMARTS) is 1. The van der Waals surface area contributed by atoms with Gasteiger partial charge in [-0.25, -0.2) is 0 Å². The number of aromatic hydroxyl groups is 1. The van der Waals surface area contributed by atoms with Crippen molar-refractivity contribution in [3.63, 3.8) is 0 Å². The molecule has 0 aliphatic rings. The second-order valence-electron chi connectivity index (χ2n) is 3.54. The topological polar surface area (TPSA) is 66.8 Å². The Morgan fingerprint density at radius 2 is 2.12 bits per heavy atom. The number of phenols is 1. The second-order valence-corrected chi connectivity index (χ2v) is 3.54. The molecule has 0 aromatic heterocycles. The van der Waals surface area contributed by atoms with Gasteiger partial charge in [-0.15, -0.1) is 0 Å². The van der Waals surface area contributed by atoms with Gasteiger partial charge in [-0.3, -0.25) is 4.79 Å². The highest BCUT2D eigenvalue weighted by Crippen LogP contribution is 2.36. The number of carbonyl (C=O) groups is 1. The van der Waals surface area contributed by atoms with Gasteiger partial charge in [0.2, 0.25) is 5.82 Å². The van der Waals surface area contributed by atoms with E-state index in [-0.39, 0.29) is 11.3 Å². The summed E-state index contributed by atoms with van der Waals surface area (Å²) < 4.78 is 18.3. The van der Waals surface area contributed by atoms with Crippen LogP contribution in [0.15, 0.2) is 6.07 Å². The minimum atomic E-state index is -1.13. The number of hydrogen-bond acceptors (Lipinski definition) is 3. The summed E-state index contributed by atoms with van der Waals surface area (Å²) >= 11 is 0. The fourth-order valence-corrected chi connectivity index (χ4v) is 1.49. The number of aliphatic carboxylic acids is 1. The molecule has 0 aliphatic carbocycles. The van der Waals surface area contributed by atoms with Crippen molar-refractivity contribution in [3.8, 4) is 11.5 Å². The van der Waals surface area contributed by atoms with Gasteiger partial charge in [0.15, 0.2) is 11.5 Å². The fraction of sp³-hybridized carbons (Fsp3) is 0.364. The Morgan fingerprint density at radius 3 is 2.56 bits per heavy atom. The summed E-state index contributed by atoms with van der Waals surface area (Å²) in [5.74, 6) is -3.76. The molecule has 1 atom stereocenters. The summed E-state index contributed by atoms with van der Waals surface area (Å²) in [6.07, 6.45) is 0. The van der Waals surface area contributed by atoms with Gasteiger partial charge in [-0.2, -0.15) is 4.39 Å². The first-order chi connectivity index (χ1) is 7.40. The average molecular weight is 228 g/mol. The van der Waals surface area contributed by atoms with Crippen molar-refractivity contribution in [1.82, 2.24) is 0 Å². The molecule has 1 rings (SSSR count). The standard InChI is InChI=1S/C11H13FO4/c1-5-4-7(6(2)11(14)15)9(13)8(12)10(5)16-3/h4,6,13H,1-3H3,(H,14,15). The van der Waals surface area contributed by atoms with Crippen LogP contribution in [0.1, 0.15) is 24.0 Å². The molecule has 4 nitrogen and oxygen atoms in total. The molecule has 0 saturated heterocycles. The third-order valence-electron chi connectivity index (χ3n) is 2.45. The van der Waals surface area contributed by atoms with Gasteiger partial charge in [0.25, 0.3) is 0 Å². The number of ether oxygens (including phenoxy) is 1. The van der Waals surface area contributed by atoms with Crippen LogP contribution in [0.5, 0.6) is 11.5 Å². The van der Waals surface area contributed by atoms with Crippen molar-refractivity contribution in [2.45, 2.75) is 19.8 Å². The second kappa shape index (κ2) is 4.38. The Hall–Kier alpha value is -1.78. The lowest BCUT2D eigenvalue weighted by Gasteiger charge is -2.14. The van der Waals surface area contributed by atoms with Gasteiger partial charge in [-0.1, -0.05) is 0 Å². The molecule has 0 bridgehead atoms. The molecule has 0 heterocycles. The van der Waals surface area contributed by atoms with Gasteiger partial charge in [0.05, 0.1) is 13.0 Å². The van der Waals surface area contributed by atoms with Crippen LogP contribution in [0.4, 0.5) is 4.39 Å². The lowest BCUT2D eigenvalue weighted by molar-refractivity contribution is -0.138. The van der Waals surface area contributed by atoms with E-state index < -0.39 is 23.5 Å². The minimum Gasteiger partial charge on any atom is -0.505 e. The van der Waals surface area contributed by atoms with Crippen molar-refractivity contribution in [2.75, 3.05) is 7.11 Å². The molecule has 88 valence electrons. The maximum absolute atomic E-state index is 13.6. The van der Waals surface area contributed by atoms with Gasteiger partial charge >= 0.3 is 5.97 Å². The zero-order valence-corrected chi connectivity index (χ0v) is 9.24. The van der Waals surface area contributed by atoms with Crippen LogP contribution in [0, 0.1) is 12.7 Å². The normalized spacial score (nSPS) is 12.2. The summed E-state index contributed by atoms with van der Waals surface area (Å²) in [4.78, 5) is 10.8. The van der Waals surface area contributed by atoms with Gasteiger partial charge in [0, 0.05) is 5.56 Å². The molecule has 5 heteroatoms. The van der Waals surface area contributed by atoms with Gasteiger partial charge < -0.3 is 14.9 Å². The molecule has 0 aliphatic heterocycles. The van der Waals surface area contributed by atoms with Crippen molar-refractivity contribution in [2.24, 2.45) is 0 Å². The molecule has 2 N–H and O–H groups in total. The van der Waals surface area contributed by atoms with E-state index in [1.807, 2.05) is 0 Å². The summed E-state index contributed by atoms with van der Waals surface area (Å²) in [6, 6.07) is 1.41. The van der Waals surface area contributed by atoms with Crippen molar-refractivity contribution >= 4 is 5.97 Å². The van der Waals surface area contributed by atoms with Crippen molar-refractivity contribution in [1.29, 1.82) is 0 Å². The van der Waals surface area contributed by atoms with Crippen LogP contribution in [0.3, 0.4) is 0 Å². The van der Waals surface area contributed by atoms with Crippen molar-refractivity contribution in [3.05, 3.63) is 23.0 Å². The molecule has 16 heavy (non-hydrogen) atoms. The zero-order valence-electron chi connectivity index (χ0n) is 9.24. The van der Waals surface area contributed by atoms with Gasteiger partial charge in [-0.05, 0) is 25.5 Å². The largest absolute Gasteiger partial charge is 0.505 e.